The van der Waals surface area contributed by atoms with Crippen LogP contribution in [0.5, 0.6) is 0 Å². The topological polar surface area (TPSA) is 103 Å². The Morgan fingerprint density at radius 3 is 2.71 bits per heavy atom. The highest BCUT2D eigenvalue weighted by Crippen LogP contribution is 2.51. The van der Waals surface area contributed by atoms with Gasteiger partial charge in [-0.05, 0) is 88.3 Å². The van der Waals surface area contributed by atoms with Gasteiger partial charge in [-0.3, -0.25) is 10.4 Å². The van der Waals surface area contributed by atoms with Crippen molar-refractivity contribution < 1.29 is 9.13 Å². The zero-order chi connectivity index (χ0) is 35.1. The summed E-state index contributed by atoms with van der Waals surface area (Å²) in [5.41, 5.74) is 11.7. The van der Waals surface area contributed by atoms with Gasteiger partial charge < -0.3 is 25.6 Å². The average molecular weight is 715 g/mol. The van der Waals surface area contributed by atoms with Crippen LogP contribution in [0, 0.1) is 11.2 Å². The number of aromatic nitrogens is 1. The molecule has 11 heteroatoms. The highest BCUT2D eigenvalue weighted by molar-refractivity contribution is 6.69. The van der Waals surface area contributed by atoms with Crippen molar-refractivity contribution >= 4 is 45.6 Å². The molecule has 1 unspecified atom stereocenters. The zero-order valence-electron chi connectivity index (χ0n) is 29.7. The maximum Gasteiger partial charge on any atom is 0.173 e. The van der Waals surface area contributed by atoms with E-state index in [2.05, 4.69) is 23.2 Å². The molecule has 1 aromatic carbocycles. The maximum atomic E-state index is 17.8. The fourth-order valence-electron chi connectivity index (χ4n) is 7.39. The molecule has 3 aliphatic rings. The molecule has 2 aliphatic heterocycles. The van der Waals surface area contributed by atoms with Crippen molar-refractivity contribution in [3.05, 3.63) is 50.9 Å². The average Bonchev–Trinajstić information content (AvgIpc) is 3.92. The molecule has 3 heterocycles. The summed E-state index contributed by atoms with van der Waals surface area (Å²) in [4.78, 5) is 14.1. The Morgan fingerprint density at radius 1 is 1.22 bits per heavy atom. The smallest absolute Gasteiger partial charge is 0.173 e. The number of nitrogens with one attached hydrogen (secondary N) is 2. The number of hydrogen-bond donors (Lipinski definition) is 3. The summed E-state index contributed by atoms with van der Waals surface area (Å²) in [6.45, 7) is 8.55. The van der Waals surface area contributed by atoms with E-state index in [0.717, 1.165) is 82.1 Å². The summed E-state index contributed by atoms with van der Waals surface area (Å²) in [5, 5.41) is 12.5. The van der Waals surface area contributed by atoms with Gasteiger partial charge >= 0.3 is 0 Å². The maximum absolute atomic E-state index is 17.8. The highest BCUT2D eigenvalue weighted by Gasteiger charge is 2.36. The number of nitrogens with zero attached hydrogens (tertiary/aromatic N) is 4. The SMILES string of the molecule is CCC/C=C1\CCCCNC(CCN(C)c2c(F)c(-c3c(C(=N)Cl)c(N)cc(Cl)c3C3CC3)nc(CC)c2C(=NC)N2CCCOCC2)C1. The number of anilines is 2. The van der Waals surface area contributed by atoms with Crippen LogP contribution in [0.2, 0.25) is 5.02 Å². The van der Waals surface area contributed by atoms with Gasteiger partial charge in [0.1, 0.15) is 16.7 Å². The Balaban J connectivity index is 1.66. The molecule has 0 spiro atoms. The van der Waals surface area contributed by atoms with Crippen molar-refractivity contribution in [2.45, 2.75) is 96.4 Å². The first kappa shape index (κ1) is 37.5. The van der Waals surface area contributed by atoms with Gasteiger partial charge in [-0.1, -0.05) is 55.1 Å². The Labute approximate surface area is 302 Å². The van der Waals surface area contributed by atoms with Crippen LogP contribution in [0.3, 0.4) is 0 Å². The second-order valence-electron chi connectivity index (χ2n) is 13.7. The van der Waals surface area contributed by atoms with Gasteiger partial charge in [0.25, 0.3) is 0 Å². The number of pyridine rings is 1. The lowest BCUT2D eigenvalue weighted by Crippen LogP contribution is -2.38. The quantitative estimate of drug-likeness (QED) is 0.0937. The number of benzene rings is 1. The third kappa shape index (κ3) is 8.78. The van der Waals surface area contributed by atoms with Crippen LogP contribution < -0.4 is 16.0 Å². The number of nitrogens with two attached hydrogens (primary N) is 1. The molecule has 1 aromatic heterocycles. The summed E-state index contributed by atoms with van der Waals surface area (Å²) in [6, 6.07) is 1.93. The Kier molecular flexibility index (Phi) is 13.4. The van der Waals surface area contributed by atoms with E-state index in [0.29, 0.717) is 66.4 Å². The van der Waals surface area contributed by atoms with Gasteiger partial charge in [0.15, 0.2) is 5.82 Å². The Bertz CT molecular complexity index is 1550. The van der Waals surface area contributed by atoms with Gasteiger partial charge in [0.2, 0.25) is 0 Å². The monoisotopic (exact) mass is 713 g/mol. The third-order valence-electron chi connectivity index (χ3n) is 10.1. The number of rotatable bonds is 11. The second kappa shape index (κ2) is 17.5. The molecule has 49 heavy (non-hydrogen) atoms. The molecule has 2 saturated heterocycles. The predicted octanol–water partition coefficient (Wildman–Crippen LogP) is 8.31. The standard InChI is InChI=1S/C38H54Cl2FN7O/c1-5-7-11-24-12-8-9-16-45-26(22-24)15-18-47(4)36-32(38(44-3)48-17-10-20-49-21-19-48)29(6-2)46-35(34(36)41)33-30(25-13-14-25)27(39)23-28(42)31(33)37(40)43/h11,23,25-26,43,45H,5-10,12-22,42H2,1-4H3/b24-11+,43-37?,44-38?. The first-order valence-electron chi connectivity index (χ1n) is 18.2. The molecule has 0 amide bonds. The number of amidine groups is 1. The van der Waals surface area contributed by atoms with Crippen LogP contribution >= 0.6 is 23.2 Å². The van der Waals surface area contributed by atoms with Gasteiger partial charge in [-0.15, -0.1) is 0 Å². The van der Waals surface area contributed by atoms with E-state index in [1.165, 1.54) is 12.0 Å². The molecule has 4 N–H and O–H groups in total. The van der Waals surface area contributed by atoms with Crippen molar-refractivity contribution in [1.29, 1.82) is 5.41 Å². The van der Waals surface area contributed by atoms with E-state index in [9.17, 15) is 0 Å². The molecule has 5 rings (SSSR count). The molecule has 3 fully saturated rings. The first-order chi connectivity index (χ1) is 23.7. The van der Waals surface area contributed by atoms with Crippen LogP contribution in [-0.4, -0.2) is 80.4 Å². The lowest BCUT2D eigenvalue weighted by atomic mass is 9.91. The minimum atomic E-state index is -0.473. The lowest BCUT2D eigenvalue weighted by molar-refractivity contribution is 0.147. The molecule has 0 bridgehead atoms. The van der Waals surface area contributed by atoms with Gasteiger partial charge in [-0.2, -0.15) is 0 Å². The molecule has 2 aromatic rings. The van der Waals surface area contributed by atoms with Gasteiger partial charge in [0, 0.05) is 68.2 Å². The molecular formula is C38H54Cl2FN7O. The number of aryl methyl sites for hydroxylation is 1. The Morgan fingerprint density at radius 2 is 2.02 bits per heavy atom. The first-order valence-corrected chi connectivity index (χ1v) is 19.0. The van der Waals surface area contributed by atoms with Crippen molar-refractivity contribution in [2.75, 3.05) is 64.1 Å². The van der Waals surface area contributed by atoms with Gasteiger partial charge in [-0.25, -0.2) is 9.37 Å². The van der Waals surface area contributed by atoms with Crippen molar-refractivity contribution in [1.82, 2.24) is 15.2 Å². The molecule has 268 valence electrons. The molecule has 8 nitrogen and oxygen atoms in total. The normalized spacial score (nSPS) is 20.2. The summed E-state index contributed by atoms with van der Waals surface area (Å²) in [7, 11) is 3.74. The third-order valence-corrected chi connectivity index (χ3v) is 10.6. The van der Waals surface area contributed by atoms with Crippen LogP contribution in [-0.2, 0) is 11.2 Å². The molecular weight excluding hydrogens is 660 g/mol. The lowest BCUT2D eigenvalue weighted by Gasteiger charge is -2.32. The van der Waals surface area contributed by atoms with E-state index in [-0.39, 0.29) is 28.0 Å². The van der Waals surface area contributed by atoms with Crippen LogP contribution in [0.1, 0.15) is 106 Å². The van der Waals surface area contributed by atoms with Gasteiger partial charge in [0.05, 0.1) is 23.6 Å². The van der Waals surface area contributed by atoms with Crippen molar-refractivity contribution in [3.63, 3.8) is 0 Å². The van der Waals surface area contributed by atoms with Crippen molar-refractivity contribution in [3.8, 4) is 11.3 Å². The number of aliphatic imine (C=N–C) groups is 1. The number of allylic oxidation sites excluding steroid dienone is 1. The van der Waals surface area contributed by atoms with E-state index in [4.69, 9.17) is 49.1 Å². The van der Waals surface area contributed by atoms with E-state index < -0.39 is 5.82 Å². The van der Waals surface area contributed by atoms with Crippen LogP contribution in [0.25, 0.3) is 11.3 Å². The number of unbranched alkanes of at least 4 members (excludes halogenated alkanes) is 1. The minimum absolute atomic E-state index is 0.134. The fourth-order valence-corrected chi connectivity index (χ4v) is 7.96. The molecule has 1 aliphatic carbocycles. The van der Waals surface area contributed by atoms with Crippen LogP contribution in [0.4, 0.5) is 15.8 Å². The van der Waals surface area contributed by atoms with Crippen LogP contribution in [0.15, 0.2) is 22.7 Å². The minimum Gasteiger partial charge on any atom is -0.398 e. The second-order valence-corrected chi connectivity index (χ2v) is 14.5. The molecule has 1 saturated carbocycles. The predicted molar refractivity (Wildman–Crippen MR) is 204 cm³/mol. The summed E-state index contributed by atoms with van der Waals surface area (Å²) < 4.78 is 23.5. The molecule has 0 radical (unpaired) electrons. The summed E-state index contributed by atoms with van der Waals surface area (Å²) >= 11 is 13.3. The van der Waals surface area contributed by atoms with E-state index in [1.807, 2.05) is 18.9 Å². The highest BCUT2D eigenvalue weighted by atomic mass is 35.5. The number of halogens is 3. The number of ether oxygens (including phenoxy) is 1. The summed E-state index contributed by atoms with van der Waals surface area (Å²) in [5.74, 6) is 0.378. The number of hydrogen-bond acceptors (Lipinski definition) is 7. The largest absolute Gasteiger partial charge is 0.398 e. The molecule has 1 atom stereocenters. The number of nitrogen functional groups attached to an aromatic ring is 1. The fraction of sp³-hybridized carbons (Fsp3) is 0.605. The summed E-state index contributed by atoms with van der Waals surface area (Å²) in [6.07, 6.45) is 13.3. The zero-order valence-corrected chi connectivity index (χ0v) is 31.3. The van der Waals surface area contributed by atoms with E-state index in [1.54, 1.807) is 13.1 Å². The Hall–Kier alpha value is -2.72. The van der Waals surface area contributed by atoms with Crippen molar-refractivity contribution in [2.24, 2.45) is 4.99 Å². The van der Waals surface area contributed by atoms with E-state index >= 15 is 4.39 Å².